The molecule has 0 bridgehead atoms. The van der Waals surface area contributed by atoms with E-state index in [0.29, 0.717) is 6.32 Å². The van der Waals surface area contributed by atoms with Gasteiger partial charge in [-0.15, -0.1) is 0 Å². The highest BCUT2D eigenvalue weighted by molar-refractivity contribution is 4.55. The van der Waals surface area contributed by atoms with Gasteiger partial charge in [0.25, 0.3) is 5.07 Å². The van der Waals surface area contributed by atoms with E-state index in [9.17, 15) is 8.87 Å². The molecule has 0 saturated carbocycles. The van der Waals surface area contributed by atoms with Crippen LogP contribution in [0.1, 0.15) is 0 Å². The molecule has 4 heavy (non-hydrogen) atoms. The van der Waals surface area contributed by atoms with Crippen molar-refractivity contribution in [3.05, 3.63) is 5.07 Å². The summed E-state index contributed by atoms with van der Waals surface area (Å²) in [6, 6.07) is 0. The fourth-order valence-electron chi connectivity index (χ4n) is 0. The topological polar surface area (TPSA) is 4.36 Å². The Labute approximate surface area is 21.6 Å². The van der Waals surface area contributed by atoms with Crippen molar-refractivity contribution in [1.29, 1.82) is 0 Å². The molecule has 3 heteroatoms. The molecule has 0 aliphatic heterocycles. The van der Waals surface area contributed by atoms with Gasteiger partial charge in [0.1, 0.15) is 0 Å². The Morgan fingerprint density at radius 1 is 1.75 bits per heavy atom. The summed E-state index contributed by atoms with van der Waals surface area (Å²) < 4.78 is 19.8. The number of hydrogen-bond acceptors (Lipinski definition) is 0. The maximum atomic E-state index is 9.93. The van der Waals surface area contributed by atoms with E-state index in [1.807, 2.05) is 0 Å². The molecule has 0 aliphatic rings. The highest BCUT2D eigenvalue weighted by atomic mass is 19.2. The average molecular weight is 64.0 g/mol. The fourth-order valence-corrected chi connectivity index (χ4v) is 0. The predicted octanol–water partition coefficient (Wildman–Crippen LogP) is 1.13. The van der Waals surface area contributed by atoms with E-state index >= 15 is 0 Å². The first-order valence-corrected chi connectivity index (χ1v) is 0.582. The summed E-state index contributed by atoms with van der Waals surface area (Å²) in [6.45, 7) is 0. The lowest BCUT2D eigenvalue weighted by molar-refractivity contribution is 0.676. The Morgan fingerprint density at radius 3 is 2.00 bits per heavy atom. The van der Waals surface area contributed by atoms with Crippen LogP contribution in [0.5, 0.6) is 0 Å². The quantitative estimate of drug-likeness (QED) is 0.397. The maximum Gasteiger partial charge on any atom is 0.571 e. The van der Waals surface area contributed by atoms with Crippen LogP contribution in [0.15, 0.2) is 0 Å². The van der Waals surface area contributed by atoms with Crippen LogP contribution in [0.4, 0.5) is 8.87 Å². The van der Waals surface area contributed by atoms with E-state index in [1.54, 1.807) is 0 Å². The summed E-state index contributed by atoms with van der Waals surface area (Å²) in [4.78, 5) is 0. The van der Waals surface area contributed by atoms with Crippen molar-refractivity contribution in [3.8, 4) is 6.32 Å². The molecule has 22 valence electrons. The van der Waals surface area contributed by atoms with Crippen LogP contribution in [0.2, 0.25) is 0 Å². The number of hydrogen-bond donors (Lipinski definition) is 0. The Bertz CT molecular complexity index is 42.8. The zero-order valence-electron chi connectivity index (χ0n) is 1.70. The highest BCUT2D eigenvalue weighted by Gasteiger charge is 1.65. The van der Waals surface area contributed by atoms with Gasteiger partial charge in [-0.3, -0.25) is 0 Å². The largest absolute Gasteiger partial charge is 0.571 e. The molecular formula is CF2N+. The summed E-state index contributed by atoms with van der Waals surface area (Å²) in [6.07, 6.45) is 0.389. The molecule has 0 saturated heterocycles. The Balaban J connectivity index is 2.83. The smallest absolute Gasteiger partial charge is 0.0674 e. The molecule has 0 fully saturated rings. The van der Waals surface area contributed by atoms with E-state index in [1.165, 1.54) is 5.07 Å². The molecule has 0 atom stereocenters. The second kappa shape index (κ2) is 2.35. The number of rotatable bonds is 0. The van der Waals surface area contributed by atoms with E-state index in [2.05, 4.69) is 0 Å². The van der Waals surface area contributed by atoms with Crippen molar-refractivity contribution in [2.45, 2.75) is 0 Å². The molecule has 0 spiro atoms. The molecule has 0 N–H and O–H groups in total. The van der Waals surface area contributed by atoms with Gasteiger partial charge in [-0.05, 0) is 0 Å². The first-order chi connectivity index (χ1) is 1.91. The van der Waals surface area contributed by atoms with Crippen molar-refractivity contribution in [3.63, 3.8) is 0 Å². The summed E-state index contributed by atoms with van der Waals surface area (Å²) in [7, 11) is 0. The molecule has 0 amide bonds. The van der Waals surface area contributed by atoms with Crippen LogP contribution in [-0.2, 0) is 0 Å². The minimum absolute atomic E-state index is 0.389. The molecule has 0 aromatic carbocycles. The van der Waals surface area contributed by atoms with E-state index in [0.717, 1.165) is 0 Å². The molecule has 0 aromatic rings. The van der Waals surface area contributed by atoms with Gasteiger partial charge in [-0.1, -0.05) is 4.39 Å². The van der Waals surface area contributed by atoms with Crippen LogP contribution in [-0.4, -0.2) is 0 Å². The van der Waals surface area contributed by atoms with Crippen molar-refractivity contribution < 1.29 is 8.87 Å². The SMILES string of the molecule is FC#[N+]F. The summed E-state index contributed by atoms with van der Waals surface area (Å²) >= 11 is 0. The van der Waals surface area contributed by atoms with E-state index in [4.69, 9.17) is 0 Å². The molecular weight excluding hydrogens is 64.0 g/mol. The van der Waals surface area contributed by atoms with E-state index < -0.39 is 0 Å². The first-order valence-electron chi connectivity index (χ1n) is 0.582. The van der Waals surface area contributed by atoms with Gasteiger partial charge in [-0.2, -0.15) is 0 Å². The van der Waals surface area contributed by atoms with Crippen LogP contribution in [0.25, 0.3) is 5.07 Å². The maximum absolute atomic E-state index is 9.93. The average Bonchev–Trinajstić information content (AvgIpc) is 1.37. The molecule has 0 unspecified atom stereocenters. The van der Waals surface area contributed by atoms with Crippen molar-refractivity contribution >= 4 is 0 Å². The monoisotopic (exact) mass is 64.0 g/mol. The molecule has 0 heterocycles. The van der Waals surface area contributed by atoms with Crippen molar-refractivity contribution in [2.24, 2.45) is 0 Å². The molecule has 0 aliphatic carbocycles. The van der Waals surface area contributed by atoms with Crippen molar-refractivity contribution in [1.82, 2.24) is 0 Å². The number of nitrogens with zero attached hydrogens (tertiary/aromatic N) is 1. The third kappa shape index (κ3) is 1.35. The van der Waals surface area contributed by atoms with Gasteiger partial charge in [-0.25, -0.2) is 0 Å². The van der Waals surface area contributed by atoms with Gasteiger partial charge in [0.05, 0.1) is 0 Å². The Morgan fingerprint density at radius 2 is 2.00 bits per heavy atom. The minimum atomic E-state index is 0.389. The normalized spacial score (nSPS) is 3.50. The van der Waals surface area contributed by atoms with Crippen LogP contribution in [0, 0.1) is 6.32 Å². The minimum Gasteiger partial charge on any atom is -0.0674 e. The van der Waals surface area contributed by atoms with Crippen LogP contribution >= 0.6 is 0 Å². The molecule has 0 aromatic heterocycles. The highest BCUT2D eigenvalue weighted by Crippen LogP contribution is 1.59. The Hall–Kier alpha value is -0.650. The lowest BCUT2D eigenvalue weighted by Gasteiger charge is -1.05. The Kier molecular flexibility index (Phi) is 1.97. The third-order valence-corrected chi connectivity index (χ3v) is 0.0319. The fraction of sp³-hybridized carbons (Fsp3) is 0. The summed E-state index contributed by atoms with van der Waals surface area (Å²) in [5.74, 6) is 0. The zero-order chi connectivity index (χ0) is 3.41. The van der Waals surface area contributed by atoms with E-state index in [-0.39, 0.29) is 0 Å². The van der Waals surface area contributed by atoms with Crippen LogP contribution in [0.3, 0.4) is 0 Å². The van der Waals surface area contributed by atoms with Crippen LogP contribution < -0.4 is 0 Å². The lowest BCUT2D eigenvalue weighted by atomic mass is 11.7. The summed E-state index contributed by atoms with van der Waals surface area (Å²) in [5, 5.41) is 1.32. The second-order valence-corrected chi connectivity index (χ2v) is 0.169. The van der Waals surface area contributed by atoms with Gasteiger partial charge in [0.2, 0.25) is 4.48 Å². The van der Waals surface area contributed by atoms with Gasteiger partial charge < -0.3 is 0 Å². The standard InChI is InChI=1S/CF2N/c2-1-4-3/q+1. The summed E-state index contributed by atoms with van der Waals surface area (Å²) in [5.41, 5.74) is 0. The van der Waals surface area contributed by atoms with Crippen molar-refractivity contribution in [2.75, 3.05) is 0 Å². The number of halogens is 2. The predicted molar refractivity (Wildman–Crippen MR) is 9.46 cm³/mol. The molecule has 0 radical (unpaired) electrons. The molecule has 1 nitrogen and oxygen atoms in total. The third-order valence-electron chi connectivity index (χ3n) is 0.0319. The zero-order valence-corrected chi connectivity index (χ0v) is 1.70. The van der Waals surface area contributed by atoms with Gasteiger partial charge in [0, 0.05) is 0 Å². The molecule has 0 rings (SSSR count). The second-order valence-electron chi connectivity index (χ2n) is 0.169. The van der Waals surface area contributed by atoms with Gasteiger partial charge >= 0.3 is 6.32 Å². The lowest BCUT2D eigenvalue weighted by Crippen LogP contribution is -1.10. The first kappa shape index (κ1) is 3.35. The van der Waals surface area contributed by atoms with Gasteiger partial charge in [0.15, 0.2) is 0 Å².